The van der Waals surface area contributed by atoms with Crippen LogP contribution >= 0.6 is 0 Å². The Labute approximate surface area is 155 Å². The number of aromatic carboxylic acids is 1. The third-order valence-electron chi connectivity index (χ3n) is 3.90. The number of carboxylic acids is 1. The molecule has 0 fully saturated rings. The number of nitro groups is 1. The van der Waals surface area contributed by atoms with Crippen molar-refractivity contribution in [1.82, 2.24) is 9.97 Å². The van der Waals surface area contributed by atoms with Gasteiger partial charge in [-0.15, -0.1) is 0 Å². The maximum atomic E-state index is 11.6. The zero-order chi connectivity index (χ0) is 20.4. The molecule has 0 saturated heterocycles. The average molecular weight is 382 g/mol. The Morgan fingerprint density at radius 3 is 2.54 bits per heavy atom. The Hall–Kier alpha value is -4.21. The van der Waals surface area contributed by atoms with Crippen LogP contribution in [0.3, 0.4) is 0 Å². The lowest BCUT2D eigenvalue weighted by Crippen LogP contribution is -2.25. The van der Waals surface area contributed by atoms with Gasteiger partial charge >= 0.3 is 16.9 Å². The van der Waals surface area contributed by atoms with Gasteiger partial charge in [-0.05, 0) is 48.4 Å². The van der Waals surface area contributed by atoms with Crippen LogP contribution in [0.25, 0.3) is 23.5 Å². The molecule has 1 aromatic carbocycles. The van der Waals surface area contributed by atoms with E-state index in [1.54, 1.807) is 30.1 Å². The fourth-order valence-electron chi connectivity index (χ4n) is 2.62. The van der Waals surface area contributed by atoms with Gasteiger partial charge in [0.2, 0.25) is 0 Å². The quantitative estimate of drug-likeness (QED) is 0.492. The Kier molecular flexibility index (Phi) is 4.77. The van der Waals surface area contributed by atoms with E-state index in [1.807, 2.05) is 0 Å². The molecule has 2 aromatic heterocycles. The zero-order valence-corrected chi connectivity index (χ0v) is 14.3. The highest BCUT2D eigenvalue weighted by molar-refractivity contribution is 5.87. The second-order valence-corrected chi connectivity index (χ2v) is 5.78. The Balaban J connectivity index is 1.94. The molecule has 0 aliphatic heterocycles. The first-order chi connectivity index (χ1) is 13.3. The van der Waals surface area contributed by atoms with E-state index in [0.717, 1.165) is 0 Å². The third kappa shape index (κ3) is 3.65. The first-order valence-electron chi connectivity index (χ1n) is 7.87. The summed E-state index contributed by atoms with van der Waals surface area (Å²) >= 11 is 0. The van der Waals surface area contributed by atoms with Gasteiger partial charge in [-0.2, -0.15) is 0 Å². The summed E-state index contributed by atoms with van der Waals surface area (Å²) in [6.07, 6.45) is 2.54. The number of furan rings is 1. The zero-order valence-electron chi connectivity index (χ0n) is 14.3. The number of hydrogen-bond acceptors (Lipinski definition) is 7. The molecule has 2 N–H and O–H groups in total. The van der Waals surface area contributed by atoms with Crippen molar-refractivity contribution < 1.29 is 19.2 Å². The molecule has 10 nitrogen and oxygen atoms in total. The molecule has 0 aliphatic carbocycles. The number of aryl methyl sites for hydroxylation is 1. The molecular weight excluding hydrogens is 370 g/mol. The second kappa shape index (κ2) is 7.19. The van der Waals surface area contributed by atoms with Crippen molar-refractivity contribution in [3.05, 3.63) is 83.9 Å². The third-order valence-corrected chi connectivity index (χ3v) is 3.90. The predicted octanol–water partition coefficient (Wildman–Crippen LogP) is 1.07. The van der Waals surface area contributed by atoms with Crippen molar-refractivity contribution in [1.29, 1.82) is 0 Å². The number of aromatic nitrogens is 2. The van der Waals surface area contributed by atoms with Crippen LogP contribution in [0.4, 0.5) is 5.69 Å². The number of carbonyl (C=O) groups is 1. The standard InChI is InChI=1S/C18H13N3O7/c1-9-8-10(17(23)24)2-5-12(9)14-7-4-11(28-14)3-6-13-15(21(26)27)16(22)20-18(25)19-13/h2-8H,1H3,(H,23,24)(H2,19,20,22,25)/p-1/b6-3+. The second-order valence-electron chi connectivity index (χ2n) is 5.78. The average Bonchev–Trinajstić information content (AvgIpc) is 3.07. The molecule has 3 aromatic rings. The molecule has 2 heterocycles. The highest BCUT2D eigenvalue weighted by Crippen LogP contribution is 2.27. The smallest absolute Gasteiger partial charge is 0.357 e. The molecule has 142 valence electrons. The fourth-order valence-corrected chi connectivity index (χ4v) is 2.62. The van der Waals surface area contributed by atoms with E-state index in [2.05, 4.69) is 4.98 Å². The molecule has 0 unspecified atom stereocenters. The number of benzene rings is 1. The lowest BCUT2D eigenvalue weighted by atomic mass is 10.0. The highest BCUT2D eigenvalue weighted by atomic mass is 16.6. The van der Waals surface area contributed by atoms with Gasteiger partial charge in [0, 0.05) is 5.56 Å². The normalized spacial score (nSPS) is 11.0. The lowest BCUT2D eigenvalue weighted by Gasteiger charge is -2.07. The lowest BCUT2D eigenvalue weighted by molar-refractivity contribution is -0.386. The number of H-pyrrole nitrogens is 2. The Bertz CT molecular complexity index is 1230. The number of aromatic amines is 2. The molecule has 0 radical (unpaired) electrons. The highest BCUT2D eigenvalue weighted by Gasteiger charge is 2.19. The van der Waals surface area contributed by atoms with Crippen LogP contribution in [0.5, 0.6) is 0 Å². The van der Waals surface area contributed by atoms with Crippen molar-refractivity contribution in [3.8, 4) is 11.3 Å². The van der Waals surface area contributed by atoms with Crippen molar-refractivity contribution in [2.45, 2.75) is 6.92 Å². The molecule has 10 heteroatoms. The summed E-state index contributed by atoms with van der Waals surface area (Å²) in [6.45, 7) is 1.71. The van der Waals surface area contributed by atoms with E-state index in [0.29, 0.717) is 22.6 Å². The number of nitrogens with one attached hydrogen (secondary N) is 2. The first-order valence-corrected chi connectivity index (χ1v) is 7.87. The Morgan fingerprint density at radius 1 is 1.14 bits per heavy atom. The topological polar surface area (TPSA) is 162 Å². The van der Waals surface area contributed by atoms with Crippen LogP contribution in [-0.4, -0.2) is 20.9 Å². The number of nitrogens with zero attached hydrogens (tertiary/aromatic N) is 1. The summed E-state index contributed by atoms with van der Waals surface area (Å²) in [5.41, 5.74) is -1.71. The maximum Gasteiger partial charge on any atom is 0.357 e. The summed E-state index contributed by atoms with van der Waals surface area (Å²) in [5.74, 6) is -0.545. The summed E-state index contributed by atoms with van der Waals surface area (Å²) in [5, 5.41) is 21.9. The van der Waals surface area contributed by atoms with Crippen LogP contribution in [0, 0.1) is 17.0 Å². The van der Waals surface area contributed by atoms with Gasteiger partial charge < -0.3 is 19.3 Å². The van der Waals surface area contributed by atoms with Gasteiger partial charge in [0.1, 0.15) is 17.2 Å². The SMILES string of the molecule is Cc1cc(C(=O)[O-])ccc1-c1ccc(/C=C/c2[nH]c(=O)[nH]c(=O)c2[N+](=O)[O-])o1. The van der Waals surface area contributed by atoms with E-state index in [4.69, 9.17) is 4.42 Å². The van der Waals surface area contributed by atoms with Crippen molar-refractivity contribution in [3.63, 3.8) is 0 Å². The minimum atomic E-state index is -1.29. The number of rotatable bonds is 5. The van der Waals surface area contributed by atoms with Crippen LogP contribution in [0.2, 0.25) is 0 Å². The predicted molar refractivity (Wildman–Crippen MR) is 96.5 cm³/mol. The molecule has 0 aliphatic rings. The fraction of sp³-hybridized carbons (Fsp3) is 0.0556. The number of hydrogen-bond donors (Lipinski definition) is 2. The molecule has 3 rings (SSSR count). The van der Waals surface area contributed by atoms with Crippen molar-refractivity contribution in [2.24, 2.45) is 0 Å². The van der Waals surface area contributed by atoms with Crippen LogP contribution in [0.1, 0.15) is 27.4 Å². The largest absolute Gasteiger partial charge is 0.545 e. The van der Waals surface area contributed by atoms with E-state index >= 15 is 0 Å². The maximum absolute atomic E-state index is 11.6. The van der Waals surface area contributed by atoms with E-state index < -0.39 is 27.8 Å². The molecule has 0 atom stereocenters. The molecule has 0 spiro atoms. The van der Waals surface area contributed by atoms with Gasteiger partial charge in [-0.3, -0.25) is 19.9 Å². The van der Waals surface area contributed by atoms with Gasteiger partial charge in [0.25, 0.3) is 0 Å². The van der Waals surface area contributed by atoms with Gasteiger partial charge in [0.15, 0.2) is 0 Å². The van der Waals surface area contributed by atoms with Gasteiger partial charge in [0.05, 0.1) is 10.9 Å². The van der Waals surface area contributed by atoms with Crippen LogP contribution < -0.4 is 16.4 Å². The number of carboxylic acid groups (broad SMARTS) is 1. The molecular formula is C18H12N3O7-. The van der Waals surface area contributed by atoms with Crippen molar-refractivity contribution in [2.75, 3.05) is 0 Å². The van der Waals surface area contributed by atoms with Crippen LogP contribution in [0.15, 0.2) is 44.3 Å². The summed E-state index contributed by atoms with van der Waals surface area (Å²) < 4.78 is 5.64. The van der Waals surface area contributed by atoms with Crippen molar-refractivity contribution >= 4 is 23.8 Å². The molecule has 0 amide bonds. The van der Waals surface area contributed by atoms with Crippen LogP contribution in [-0.2, 0) is 0 Å². The van der Waals surface area contributed by atoms with Gasteiger partial charge in [-0.25, -0.2) is 4.79 Å². The summed E-state index contributed by atoms with van der Waals surface area (Å²) in [6, 6.07) is 7.63. The monoisotopic (exact) mass is 382 g/mol. The minimum absolute atomic E-state index is 0.0403. The number of carbonyl (C=O) groups excluding carboxylic acids is 1. The molecule has 28 heavy (non-hydrogen) atoms. The molecule has 0 saturated carbocycles. The molecule has 0 bridgehead atoms. The summed E-state index contributed by atoms with van der Waals surface area (Å²) in [7, 11) is 0. The van der Waals surface area contributed by atoms with E-state index in [-0.39, 0.29) is 11.3 Å². The van der Waals surface area contributed by atoms with E-state index in [1.165, 1.54) is 24.3 Å². The van der Waals surface area contributed by atoms with E-state index in [9.17, 15) is 29.6 Å². The first kappa shape index (κ1) is 18.6. The minimum Gasteiger partial charge on any atom is -0.545 e. The Morgan fingerprint density at radius 2 is 1.89 bits per heavy atom. The summed E-state index contributed by atoms with van der Waals surface area (Å²) in [4.78, 5) is 48.0. The van der Waals surface area contributed by atoms with Gasteiger partial charge in [-0.1, -0.05) is 12.1 Å².